The van der Waals surface area contributed by atoms with Crippen molar-refractivity contribution in [3.05, 3.63) is 28.8 Å². The van der Waals surface area contributed by atoms with Gasteiger partial charge in [0.1, 0.15) is 5.54 Å². The molecule has 2 fully saturated rings. The first-order chi connectivity index (χ1) is 12.5. The van der Waals surface area contributed by atoms with E-state index in [1.54, 1.807) is 45.9 Å². The SMILES string of the molecule is C[C@H](O)[C@H]1N[C@@]2(C(=O)Nc3c(Cl)cccc32)[C@@H]2C(=O)N(C(C)(C)C)C(=O)[C@H]12. The Labute approximate surface area is 162 Å². The second-order valence-electron chi connectivity index (χ2n) is 8.52. The lowest BCUT2D eigenvalue weighted by Crippen LogP contribution is -2.57. The number of nitrogens with zero attached hydrogens (tertiary/aromatic N) is 1. The van der Waals surface area contributed by atoms with Gasteiger partial charge >= 0.3 is 0 Å². The zero-order valence-electron chi connectivity index (χ0n) is 15.5. The van der Waals surface area contributed by atoms with Gasteiger partial charge in [0.05, 0.1) is 28.6 Å². The third kappa shape index (κ3) is 2.19. The molecule has 0 aliphatic carbocycles. The van der Waals surface area contributed by atoms with E-state index in [0.29, 0.717) is 16.3 Å². The van der Waals surface area contributed by atoms with Gasteiger partial charge in [0.15, 0.2) is 0 Å². The second kappa shape index (κ2) is 5.53. The summed E-state index contributed by atoms with van der Waals surface area (Å²) in [6, 6.07) is 4.36. The van der Waals surface area contributed by atoms with Crippen LogP contribution < -0.4 is 10.6 Å². The highest BCUT2D eigenvalue weighted by Crippen LogP contribution is 2.55. The number of nitrogens with one attached hydrogen (secondary N) is 2. The minimum Gasteiger partial charge on any atom is -0.392 e. The van der Waals surface area contributed by atoms with E-state index >= 15 is 0 Å². The monoisotopic (exact) mass is 391 g/mol. The van der Waals surface area contributed by atoms with Gasteiger partial charge in [-0.3, -0.25) is 24.6 Å². The molecule has 3 amide bonds. The Bertz CT molecular complexity index is 878. The molecule has 3 N–H and O–H groups in total. The van der Waals surface area contributed by atoms with Crippen LogP contribution in [0.5, 0.6) is 0 Å². The smallest absolute Gasteiger partial charge is 0.250 e. The lowest BCUT2D eigenvalue weighted by Gasteiger charge is -2.35. The number of benzene rings is 1. The van der Waals surface area contributed by atoms with Crippen LogP contribution in [0.1, 0.15) is 33.3 Å². The largest absolute Gasteiger partial charge is 0.392 e. The van der Waals surface area contributed by atoms with E-state index in [1.807, 2.05) is 0 Å². The summed E-state index contributed by atoms with van der Waals surface area (Å²) in [7, 11) is 0. The normalized spacial score (nSPS) is 33.5. The van der Waals surface area contributed by atoms with Crippen LogP contribution in [0.2, 0.25) is 5.02 Å². The quantitative estimate of drug-likeness (QED) is 0.625. The molecule has 7 nitrogen and oxygen atoms in total. The number of rotatable bonds is 1. The van der Waals surface area contributed by atoms with Crippen molar-refractivity contribution in [3.63, 3.8) is 0 Å². The third-order valence-corrected chi connectivity index (χ3v) is 6.14. The fourth-order valence-electron chi connectivity index (χ4n) is 4.80. The van der Waals surface area contributed by atoms with Gasteiger partial charge in [0, 0.05) is 17.1 Å². The molecule has 1 aromatic carbocycles. The van der Waals surface area contributed by atoms with Gasteiger partial charge in [-0.05, 0) is 33.8 Å². The highest BCUT2D eigenvalue weighted by Gasteiger charge is 2.72. The van der Waals surface area contributed by atoms with Crippen molar-refractivity contribution in [2.75, 3.05) is 5.32 Å². The molecule has 27 heavy (non-hydrogen) atoms. The Hall–Kier alpha value is -1.96. The number of imide groups is 1. The maximum atomic E-state index is 13.4. The Morgan fingerprint density at radius 3 is 2.48 bits per heavy atom. The van der Waals surface area contributed by atoms with Crippen LogP contribution >= 0.6 is 11.6 Å². The number of carbonyl (C=O) groups excluding carboxylic acids is 3. The van der Waals surface area contributed by atoms with Gasteiger partial charge in [-0.1, -0.05) is 23.7 Å². The van der Waals surface area contributed by atoms with Gasteiger partial charge < -0.3 is 10.4 Å². The number of carbonyl (C=O) groups is 3. The molecule has 1 aromatic rings. The van der Waals surface area contributed by atoms with Crippen LogP contribution in [0.3, 0.4) is 0 Å². The number of anilines is 1. The molecule has 1 spiro atoms. The van der Waals surface area contributed by atoms with Gasteiger partial charge in [-0.25, -0.2) is 0 Å². The number of likely N-dealkylation sites (tertiary alicyclic amines) is 1. The summed E-state index contributed by atoms with van der Waals surface area (Å²) in [5.41, 5.74) is -1.18. The molecule has 3 aliphatic heterocycles. The van der Waals surface area contributed by atoms with Crippen LogP contribution in [-0.2, 0) is 19.9 Å². The average molecular weight is 392 g/mol. The number of para-hydroxylation sites is 1. The summed E-state index contributed by atoms with van der Waals surface area (Å²) in [5.74, 6) is -2.97. The minimum atomic E-state index is -1.43. The maximum Gasteiger partial charge on any atom is 0.250 e. The molecule has 0 bridgehead atoms. The summed E-state index contributed by atoms with van der Waals surface area (Å²) in [6.07, 6.45) is -0.926. The summed E-state index contributed by atoms with van der Waals surface area (Å²) < 4.78 is 0. The van der Waals surface area contributed by atoms with Crippen LogP contribution in [0.15, 0.2) is 18.2 Å². The zero-order chi connectivity index (χ0) is 19.9. The van der Waals surface area contributed by atoms with Gasteiger partial charge in [-0.2, -0.15) is 0 Å². The average Bonchev–Trinajstić information content (AvgIpc) is 3.13. The maximum absolute atomic E-state index is 13.4. The fraction of sp³-hybridized carbons (Fsp3) is 0.526. The Morgan fingerprint density at radius 2 is 1.89 bits per heavy atom. The minimum absolute atomic E-state index is 0.362. The van der Waals surface area contributed by atoms with Gasteiger partial charge in [0.25, 0.3) is 0 Å². The van der Waals surface area contributed by atoms with E-state index in [2.05, 4.69) is 10.6 Å². The molecule has 0 unspecified atom stereocenters. The number of aliphatic hydroxyl groups is 1. The molecule has 4 rings (SSSR count). The Balaban J connectivity index is 1.95. The Kier molecular flexibility index (Phi) is 3.77. The summed E-state index contributed by atoms with van der Waals surface area (Å²) >= 11 is 6.25. The predicted molar refractivity (Wildman–Crippen MR) is 99.0 cm³/mol. The number of amides is 3. The van der Waals surface area contributed by atoms with E-state index in [9.17, 15) is 19.5 Å². The molecular formula is C19H22ClN3O4. The van der Waals surface area contributed by atoms with Crippen LogP contribution in [0.25, 0.3) is 0 Å². The molecule has 0 radical (unpaired) electrons. The van der Waals surface area contributed by atoms with Crippen molar-refractivity contribution in [1.82, 2.24) is 10.2 Å². The third-order valence-electron chi connectivity index (χ3n) is 5.82. The highest BCUT2D eigenvalue weighted by atomic mass is 35.5. The van der Waals surface area contributed by atoms with Crippen molar-refractivity contribution < 1.29 is 19.5 Å². The first-order valence-corrected chi connectivity index (χ1v) is 9.33. The summed E-state index contributed by atoms with van der Waals surface area (Å²) in [6.45, 7) is 6.89. The predicted octanol–water partition coefficient (Wildman–Crippen LogP) is 1.24. The number of aliphatic hydroxyl groups excluding tert-OH is 1. The number of hydrogen-bond donors (Lipinski definition) is 3. The van der Waals surface area contributed by atoms with E-state index in [1.165, 1.54) is 4.90 Å². The topological polar surface area (TPSA) is 98.7 Å². The van der Waals surface area contributed by atoms with Crippen molar-refractivity contribution in [3.8, 4) is 0 Å². The van der Waals surface area contributed by atoms with E-state index in [0.717, 1.165) is 0 Å². The van der Waals surface area contributed by atoms with Crippen LogP contribution in [0.4, 0.5) is 5.69 Å². The van der Waals surface area contributed by atoms with Crippen molar-refractivity contribution in [2.24, 2.45) is 11.8 Å². The van der Waals surface area contributed by atoms with Crippen molar-refractivity contribution >= 4 is 35.0 Å². The van der Waals surface area contributed by atoms with Crippen LogP contribution in [-0.4, -0.2) is 45.4 Å². The van der Waals surface area contributed by atoms with Crippen molar-refractivity contribution in [2.45, 2.75) is 50.9 Å². The summed E-state index contributed by atoms with van der Waals surface area (Å²) in [4.78, 5) is 40.9. The lowest BCUT2D eigenvalue weighted by molar-refractivity contribution is -0.148. The molecule has 3 aliphatic rings. The van der Waals surface area contributed by atoms with E-state index in [-0.39, 0.29) is 5.91 Å². The molecule has 144 valence electrons. The molecule has 3 heterocycles. The second-order valence-corrected chi connectivity index (χ2v) is 8.93. The molecule has 0 aromatic heterocycles. The number of hydrogen-bond acceptors (Lipinski definition) is 5. The molecule has 2 saturated heterocycles. The Morgan fingerprint density at radius 1 is 1.22 bits per heavy atom. The van der Waals surface area contributed by atoms with Gasteiger partial charge in [-0.15, -0.1) is 0 Å². The fourth-order valence-corrected chi connectivity index (χ4v) is 5.02. The molecule has 0 saturated carbocycles. The number of halogens is 1. The zero-order valence-corrected chi connectivity index (χ0v) is 16.3. The lowest BCUT2D eigenvalue weighted by atomic mass is 9.76. The number of fused-ring (bicyclic) bond motifs is 4. The first kappa shape index (κ1) is 18.4. The summed E-state index contributed by atoms with van der Waals surface area (Å²) in [5, 5.41) is 16.6. The standard InChI is InChI=1S/C19H22ClN3O4/c1-8(24)13-11-12(16(26)23(15(11)25)18(2,3)4)19(22-13)9-6-5-7-10(20)14(9)21-17(19)27/h5-8,11-13,22,24H,1-4H3,(H,21,27)/t8-,11-,12-,13+,19+/m0/s1. The van der Waals surface area contributed by atoms with E-state index in [4.69, 9.17) is 11.6 Å². The molecular weight excluding hydrogens is 370 g/mol. The first-order valence-electron chi connectivity index (χ1n) is 8.96. The van der Waals surface area contributed by atoms with Crippen molar-refractivity contribution in [1.29, 1.82) is 0 Å². The molecule has 8 heteroatoms. The molecule has 5 atom stereocenters. The highest BCUT2D eigenvalue weighted by molar-refractivity contribution is 6.35. The van der Waals surface area contributed by atoms with E-state index < -0.39 is 46.9 Å². The van der Waals surface area contributed by atoms with Crippen LogP contribution in [0, 0.1) is 11.8 Å². The van der Waals surface area contributed by atoms with Gasteiger partial charge in [0.2, 0.25) is 17.7 Å².